The van der Waals surface area contributed by atoms with Crippen LogP contribution < -0.4 is 11.5 Å². The van der Waals surface area contributed by atoms with Gasteiger partial charge in [-0.1, -0.05) is 61.3 Å². The van der Waals surface area contributed by atoms with Gasteiger partial charge in [-0.25, -0.2) is 0 Å². The quantitative estimate of drug-likeness (QED) is 0.437. The minimum absolute atomic E-state index is 0. The zero-order chi connectivity index (χ0) is 23.5. The molecule has 6 nitrogen and oxygen atoms in total. The average Bonchev–Trinajstić information content (AvgIpc) is 2.74. The van der Waals surface area contributed by atoms with Gasteiger partial charge in [-0.15, -0.1) is 0 Å². The van der Waals surface area contributed by atoms with Crippen LogP contribution in [0.25, 0.3) is 0 Å². The lowest BCUT2D eigenvalue weighted by molar-refractivity contribution is -0.160. The van der Waals surface area contributed by atoms with Crippen LogP contribution in [0, 0.1) is 5.41 Å². The average molecular weight is 494 g/mol. The van der Waals surface area contributed by atoms with Crippen LogP contribution in [0.5, 0.6) is 0 Å². The fraction of sp³-hybridized carbons (Fsp3) is 0.440. The number of nitrogens with one attached hydrogen (secondary N) is 1. The predicted molar refractivity (Wildman–Crippen MR) is 133 cm³/mol. The van der Waals surface area contributed by atoms with Crippen molar-refractivity contribution < 1.29 is 14.7 Å². The molecule has 0 spiro atoms. The first kappa shape index (κ1) is 27.1. The number of carbonyl (C=O) groups is 2. The van der Waals surface area contributed by atoms with Crippen LogP contribution in [-0.2, 0) is 9.59 Å². The van der Waals surface area contributed by atoms with E-state index in [1.54, 1.807) is 6.92 Å². The summed E-state index contributed by atoms with van der Waals surface area (Å²) in [5, 5.41) is 14.1. The Morgan fingerprint density at radius 1 is 1.18 bits per heavy atom. The fourth-order valence-corrected chi connectivity index (χ4v) is 5.28. The molecule has 1 aliphatic heterocycles. The Labute approximate surface area is 205 Å². The number of hydrogen-bond donors (Lipinski definition) is 3. The number of likely N-dealkylation sites (N-methyl/N-ethyl adjacent to an activating group) is 1. The molecular weight excluding hydrogens is 461 g/mol. The van der Waals surface area contributed by atoms with E-state index in [4.69, 9.17) is 23.2 Å². The number of aliphatic carboxylic acids is 1. The van der Waals surface area contributed by atoms with Crippen LogP contribution in [0.15, 0.2) is 48.5 Å². The normalized spacial score (nSPS) is 23.7. The number of amides is 1. The zero-order valence-corrected chi connectivity index (χ0v) is 20.9. The van der Waals surface area contributed by atoms with Crippen molar-refractivity contribution in [3.63, 3.8) is 0 Å². The number of rotatable bonds is 8. The maximum atomic E-state index is 13.9. The molecule has 1 fully saturated rings. The standard InChI is InChI=1S/C25H30Cl2N2O3.H3N/c1-4-20(15-28-3)29-23(16-8-10-18(26)11-9-16)21(17-6-5-7-19(27)12-17)13-25(2,24(29)32)14-22(30)31;/h5-12,20-21,23,28H,4,13-15H2,1-3H3,(H,30,31);1H3/t20-,21+,23+,25+;/m0./s1. The molecule has 1 aliphatic rings. The highest BCUT2D eigenvalue weighted by Gasteiger charge is 2.52. The minimum Gasteiger partial charge on any atom is -0.481 e. The van der Waals surface area contributed by atoms with E-state index in [-0.39, 0.29) is 36.5 Å². The molecule has 0 saturated carbocycles. The molecule has 33 heavy (non-hydrogen) atoms. The first-order valence-electron chi connectivity index (χ1n) is 10.9. The highest BCUT2D eigenvalue weighted by Crippen LogP contribution is 2.52. The van der Waals surface area contributed by atoms with Crippen LogP contribution in [-0.4, -0.2) is 41.5 Å². The summed E-state index contributed by atoms with van der Waals surface area (Å²) in [6.07, 6.45) is 0.934. The Bertz CT molecular complexity index is 970. The number of hydrogen-bond acceptors (Lipinski definition) is 4. The Balaban J connectivity index is 0.00000385. The van der Waals surface area contributed by atoms with Crippen molar-refractivity contribution in [1.29, 1.82) is 0 Å². The largest absolute Gasteiger partial charge is 0.481 e. The molecule has 2 aromatic carbocycles. The van der Waals surface area contributed by atoms with Gasteiger partial charge in [-0.3, -0.25) is 9.59 Å². The molecule has 3 rings (SSSR count). The molecule has 5 N–H and O–H groups in total. The number of carboxylic acids is 1. The van der Waals surface area contributed by atoms with Gasteiger partial charge < -0.3 is 21.5 Å². The molecule has 8 heteroatoms. The van der Waals surface area contributed by atoms with Crippen LogP contribution in [0.4, 0.5) is 0 Å². The van der Waals surface area contributed by atoms with Crippen LogP contribution >= 0.6 is 23.2 Å². The van der Waals surface area contributed by atoms with Crippen molar-refractivity contribution >= 4 is 35.1 Å². The number of nitrogens with zero attached hydrogens (tertiary/aromatic N) is 1. The lowest BCUT2D eigenvalue weighted by Gasteiger charge is -2.52. The van der Waals surface area contributed by atoms with Gasteiger partial charge in [-0.05, 0) is 55.3 Å². The summed E-state index contributed by atoms with van der Waals surface area (Å²) in [7, 11) is 1.86. The van der Waals surface area contributed by atoms with E-state index in [9.17, 15) is 14.7 Å². The molecule has 1 saturated heterocycles. The number of piperidine rings is 1. The van der Waals surface area contributed by atoms with Crippen LogP contribution in [0.2, 0.25) is 10.0 Å². The molecule has 0 unspecified atom stereocenters. The van der Waals surface area contributed by atoms with E-state index >= 15 is 0 Å². The Kier molecular flexibility index (Phi) is 9.32. The molecule has 1 heterocycles. The summed E-state index contributed by atoms with van der Waals surface area (Å²) in [4.78, 5) is 27.6. The summed E-state index contributed by atoms with van der Waals surface area (Å²) in [6, 6.07) is 14.9. The second-order valence-corrected chi connectivity index (χ2v) is 9.70. The Morgan fingerprint density at radius 2 is 1.85 bits per heavy atom. The first-order chi connectivity index (χ1) is 15.2. The Hall–Kier alpha value is -2.12. The molecule has 0 aliphatic carbocycles. The summed E-state index contributed by atoms with van der Waals surface area (Å²) < 4.78 is 0. The number of carboxylic acid groups (broad SMARTS) is 1. The van der Waals surface area contributed by atoms with E-state index in [0.717, 1.165) is 17.5 Å². The number of likely N-dealkylation sites (tertiary alicyclic amines) is 1. The summed E-state index contributed by atoms with van der Waals surface area (Å²) in [5.41, 5.74) is 0.939. The highest BCUT2D eigenvalue weighted by atomic mass is 35.5. The van der Waals surface area contributed by atoms with E-state index in [2.05, 4.69) is 5.32 Å². The van der Waals surface area contributed by atoms with Crippen molar-refractivity contribution in [2.24, 2.45) is 5.41 Å². The van der Waals surface area contributed by atoms with Crippen molar-refractivity contribution in [3.05, 3.63) is 69.7 Å². The maximum absolute atomic E-state index is 13.9. The lowest BCUT2D eigenvalue weighted by atomic mass is 9.67. The Morgan fingerprint density at radius 3 is 2.39 bits per heavy atom. The van der Waals surface area contributed by atoms with Gasteiger partial charge in [0.1, 0.15) is 0 Å². The highest BCUT2D eigenvalue weighted by molar-refractivity contribution is 6.30. The fourth-order valence-electron chi connectivity index (χ4n) is 4.96. The molecule has 1 amide bonds. The van der Waals surface area contributed by atoms with Gasteiger partial charge in [0.05, 0.1) is 17.9 Å². The van der Waals surface area contributed by atoms with E-state index in [0.29, 0.717) is 23.0 Å². The number of carbonyl (C=O) groups excluding carboxylic acids is 1. The van der Waals surface area contributed by atoms with Crippen molar-refractivity contribution in [3.8, 4) is 0 Å². The number of benzene rings is 2. The van der Waals surface area contributed by atoms with Crippen LogP contribution in [0.3, 0.4) is 0 Å². The first-order valence-corrected chi connectivity index (χ1v) is 11.7. The van der Waals surface area contributed by atoms with Crippen molar-refractivity contribution in [2.45, 2.75) is 51.1 Å². The molecular formula is C25H33Cl2N3O3. The summed E-state index contributed by atoms with van der Waals surface area (Å²) in [5.74, 6) is -1.22. The molecule has 0 radical (unpaired) electrons. The topological polar surface area (TPSA) is 105 Å². The minimum atomic E-state index is -1.02. The SMILES string of the molecule is CC[C@@H](CNC)N1C(=O)[C@@](C)(CC(=O)O)C[C@H](c2cccc(Cl)c2)[C@H]1c1ccc(Cl)cc1.N. The maximum Gasteiger partial charge on any atom is 0.304 e. The lowest BCUT2D eigenvalue weighted by Crippen LogP contribution is -2.57. The van der Waals surface area contributed by atoms with Gasteiger partial charge in [0.15, 0.2) is 0 Å². The van der Waals surface area contributed by atoms with Gasteiger partial charge in [-0.2, -0.15) is 0 Å². The van der Waals surface area contributed by atoms with Crippen LogP contribution in [0.1, 0.15) is 56.2 Å². The smallest absolute Gasteiger partial charge is 0.304 e. The molecule has 0 bridgehead atoms. The second-order valence-electron chi connectivity index (χ2n) is 8.83. The summed E-state index contributed by atoms with van der Waals surface area (Å²) in [6.45, 7) is 4.43. The third-order valence-corrected chi connectivity index (χ3v) is 6.92. The van der Waals surface area contributed by atoms with Crippen molar-refractivity contribution in [2.75, 3.05) is 13.6 Å². The van der Waals surface area contributed by atoms with E-state index < -0.39 is 11.4 Å². The van der Waals surface area contributed by atoms with Gasteiger partial charge in [0, 0.05) is 28.5 Å². The molecule has 0 aromatic heterocycles. The second kappa shape index (κ2) is 11.3. The van der Waals surface area contributed by atoms with E-state index in [1.165, 1.54) is 0 Å². The molecule has 4 atom stereocenters. The summed E-state index contributed by atoms with van der Waals surface area (Å²) >= 11 is 12.5. The third-order valence-electron chi connectivity index (χ3n) is 6.44. The number of halogens is 2. The van der Waals surface area contributed by atoms with Gasteiger partial charge >= 0.3 is 5.97 Å². The predicted octanol–water partition coefficient (Wildman–Crippen LogP) is 5.69. The van der Waals surface area contributed by atoms with Crippen molar-refractivity contribution in [1.82, 2.24) is 16.4 Å². The monoisotopic (exact) mass is 493 g/mol. The van der Waals surface area contributed by atoms with E-state index in [1.807, 2.05) is 67.4 Å². The molecule has 180 valence electrons. The van der Waals surface area contributed by atoms with Gasteiger partial charge in [0.2, 0.25) is 5.91 Å². The molecule has 2 aromatic rings. The van der Waals surface area contributed by atoms with Gasteiger partial charge in [0.25, 0.3) is 0 Å². The zero-order valence-electron chi connectivity index (χ0n) is 19.4. The third kappa shape index (κ3) is 5.87.